The first-order chi connectivity index (χ1) is 12.9. The van der Waals surface area contributed by atoms with E-state index >= 15 is 0 Å². The molecule has 0 radical (unpaired) electrons. The highest BCUT2D eigenvalue weighted by molar-refractivity contribution is 7.88. The summed E-state index contributed by atoms with van der Waals surface area (Å²) in [6, 6.07) is 7.38. The van der Waals surface area contributed by atoms with Crippen molar-refractivity contribution in [3.63, 3.8) is 0 Å². The van der Waals surface area contributed by atoms with Crippen LogP contribution >= 0.6 is 11.6 Å². The first-order valence-corrected chi connectivity index (χ1v) is 9.95. The number of alkyl halides is 3. The molecular formula is C17H15ClF4N2O3S. The molecule has 0 aliphatic rings. The fourth-order valence-corrected chi connectivity index (χ4v) is 3.13. The number of carbonyl (C=O) groups excluding carboxylic acids is 1. The van der Waals surface area contributed by atoms with Gasteiger partial charge in [0.15, 0.2) is 0 Å². The minimum Gasteiger partial charge on any atom is -0.324 e. The normalized spacial score (nSPS) is 12.2. The Morgan fingerprint density at radius 1 is 1.14 bits per heavy atom. The number of carbonyl (C=O) groups is 1. The number of hydrogen-bond acceptors (Lipinski definition) is 3. The molecule has 2 rings (SSSR count). The Kier molecular flexibility index (Phi) is 6.68. The van der Waals surface area contributed by atoms with Crippen LogP contribution in [0, 0.1) is 5.82 Å². The van der Waals surface area contributed by atoms with Gasteiger partial charge in [-0.15, -0.1) is 0 Å². The molecule has 11 heteroatoms. The van der Waals surface area contributed by atoms with Crippen molar-refractivity contribution >= 4 is 33.2 Å². The van der Waals surface area contributed by atoms with Crippen molar-refractivity contribution in [3.05, 3.63) is 64.4 Å². The van der Waals surface area contributed by atoms with Gasteiger partial charge in [0.05, 0.1) is 29.1 Å². The molecule has 152 valence electrons. The molecule has 0 aliphatic heterocycles. The quantitative estimate of drug-likeness (QED) is 0.696. The van der Waals surface area contributed by atoms with Crippen LogP contribution in [0.3, 0.4) is 0 Å². The van der Waals surface area contributed by atoms with Crippen molar-refractivity contribution in [1.29, 1.82) is 0 Å². The predicted octanol–water partition coefficient (Wildman–Crippen LogP) is 3.90. The van der Waals surface area contributed by atoms with Gasteiger partial charge in [-0.05, 0) is 35.9 Å². The molecular weight excluding hydrogens is 424 g/mol. The van der Waals surface area contributed by atoms with Crippen molar-refractivity contribution in [2.75, 3.05) is 18.1 Å². The van der Waals surface area contributed by atoms with E-state index in [1.807, 2.05) is 0 Å². The van der Waals surface area contributed by atoms with E-state index in [1.165, 1.54) is 12.1 Å². The second-order valence-corrected chi connectivity index (χ2v) is 8.29. The molecule has 5 nitrogen and oxygen atoms in total. The summed E-state index contributed by atoms with van der Waals surface area (Å²) >= 11 is 5.81. The van der Waals surface area contributed by atoms with Crippen LogP contribution in [0.25, 0.3) is 0 Å². The van der Waals surface area contributed by atoms with Crippen LogP contribution in [-0.4, -0.2) is 31.4 Å². The van der Waals surface area contributed by atoms with Gasteiger partial charge in [0.2, 0.25) is 15.9 Å². The van der Waals surface area contributed by atoms with Gasteiger partial charge < -0.3 is 5.32 Å². The summed E-state index contributed by atoms with van der Waals surface area (Å²) in [6.07, 6.45) is -3.76. The van der Waals surface area contributed by atoms with E-state index in [2.05, 4.69) is 5.32 Å². The van der Waals surface area contributed by atoms with Crippen LogP contribution in [0.2, 0.25) is 5.02 Å². The molecule has 0 heterocycles. The summed E-state index contributed by atoms with van der Waals surface area (Å²) in [6.45, 7) is -0.883. The molecule has 1 N–H and O–H groups in total. The Labute approximate surface area is 164 Å². The fourth-order valence-electron chi connectivity index (χ4n) is 2.23. The standard InChI is InChI=1S/C17H15ClF4N2O3S/c1-28(26,27)24(9-11-2-5-13(19)6-3-11)10-16(25)23-15-8-12(17(20,21)22)4-7-14(15)18/h2-8H,9-10H2,1H3,(H,23,25). The fraction of sp³-hybridized carbons (Fsp3) is 0.235. The second-order valence-electron chi connectivity index (χ2n) is 5.90. The second kappa shape index (κ2) is 8.46. The van der Waals surface area contributed by atoms with E-state index in [4.69, 9.17) is 11.6 Å². The molecule has 0 unspecified atom stereocenters. The Balaban J connectivity index is 2.17. The molecule has 0 fully saturated rings. The summed E-state index contributed by atoms with van der Waals surface area (Å²) in [7, 11) is -3.84. The topological polar surface area (TPSA) is 66.5 Å². The smallest absolute Gasteiger partial charge is 0.324 e. The van der Waals surface area contributed by atoms with Gasteiger partial charge >= 0.3 is 6.18 Å². The predicted molar refractivity (Wildman–Crippen MR) is 96.7 cm³/mol. The first kappa shape index (κ1) is 22.1. The highest BCUT2D eigenvalue weighted by atomic mass is 35.5. The van der Waals surface area contributed by atoms with Gasteiger partial charge in [-0.2, -0.15) is 17.5 Å². The lowest BCUT2D eigenvalue weighted by Gasteiger charge is -2.20. The zero-order valence-electron chi connectivity index (χ0n) is 14.4. The Hall–Kier alpha value is -2.17. The number of rotatable bonds is 6. The number of amides is 1. The van der Waals surface area contributed by atoms with Crippen LogP contribution in [0.5, 0.6) is 0 Å². The highest BCUT2D eigenvalue weighted by Crippen LogP contribution is 2.33. The first-order valence-electron chi connectivity index (χ1n) is 7.72. The monoisotopic (exact) mass is 438 g/mol. The zero-order chi connectivity index (χ0) is 21.1. The third-order valence-corrected chi connectivity index (χ3v) is 5.15. The maximum Gasteiger partial charge on any atom is 0.416 e. The average molecular weight is 439 g/mol. The van der Waals surface area contributed by atoms with Crippen molar-refractivity contribution in [1.82, 2.24) is 4.31 Å². The van der Waals surface area contributed by atoms with Gasteiger partial charge in [-0.3, -0.25) is 4.79 Å². The maximum atomic E-state index is 13.0. The minimum absolute atomic E-state index is 0.134. The van der Waals surface area contributed by atoms with Crippen LogP contribution in [0.1, 0.15) is 11.1 Å². The largest absolute Gasteiger partial charge is 0.416 e. The van der Waals surface area contributed by atoms with Crippen LogP contribution < -0.4 is 5.32 Å². The van der Waals surface area contributed by atoms with E-state index in [0.717, 1.165) is 34.8 Å². The number of nitrogens with one attached hydrogen (secondary N) is 1. The van der Waals surface area contributed by atoms with E-state index in [0.29, 0.717) is 11.6 Å². The van der Waals surface area contributed by atoms with E-state index in [1.54, 1.807) is 0 Å². The summed E-state index contributed by atoms with van der Waals surface area (Å²) in [5.41, 5.74) is -0.882. The third-order valence-electron chi connectivity index (χ3n) is 3.63. The van der Waals surface area contributed by atoms with Gasteiger partial charge in [0.1, 0.15) is 5.82 Å². The Bertz CT molecular complexity index is 963. The lowest BCUT2D eigenvalue weighted by molar-refractivity contribution is -0.137. The lowest BCUT2D eigenvalue weighted by Crippen LogP contribution is -2.37. The molecule has 0 atom stereocenters. The number of halogens is 5. The number of anilines is 1. The van der Waals surface area contributed by atoms with Gasteiger partial charge in [-0.1, -0.05) is 23.7 Å². The van der Waals surface area contributed by atoms with Crippen molar-refractivity contribution in [2.24, 2.45) is 0 Å². The number of nitrogens with zero attached hydrogens (tertiary/aromatic N) is 1. The van der Waals surface area contributed by atoms with Crippen LogP contribution in [0.15, 0.2) is 42.5 Å². The zero-order valence-corrected chi connectivity index (χ0v) is 16.0. The summed E-state index contributed by atoms with van der Waals surface area (Å²) in [5.74, 6) is -1.39. The third kappa shape index (κ3) is 6.18. The Morgan fingerprint density at radius 2 is 1.75 bits per heavy atom. The molecule has 0 aromatic heterocycles. The molecule has 28 heavy (non-hydrogen) atoms. The summed E-state index contributed by atoms with van der Waals surface area (Å²) < 4.78 is 76.1. The van der Waals surface area contributed by atoms with Crippen molar-refractivity contribution < 1.29 is 30.8 Å². The van der Waals surface area contributed by atoms with Crippen molar-refractivity contribution in [3.8, 4) is 0 Å². The van der Waals surface area contributed by atoms with Crippen LogP contribution in [-0.2, 0) is 27.5 Å². The molecule has 0 bridgehead atoms. The van der Waals surface area contributed by atoms with Crippen molar-refractivity contribution in [2.45, 2.75) is 12.7 Å². The average Bonchev–Trinajstić information content (AvgIpc) is 2.56. The minimum atomic E-state index is -4.63. The van der Waals surface area contributed by atoms with E-state index in [9.17, 15) is 30.8 Å². The van der Waals surface area contributed by atoms with Gasteiger partial charge in [0, 0.05) is 6.54 Å². The van der Waals surface area contributed by atoms with Gasteiger partial charge in [0.25, 0.3) is 0 Å². The van der Waals surface area contributed by atoms with Gasteiger partial charge in [-0.25, -0.2) is 12.8 Å². The molecule has 1 amide bonds. The van der Waals surface area contributed by atoms with Crippen LogP contribution in [0.4, 0.5) is 23.2 Å². The lowest BCUT2D eigenvalue weighted by atomic mass is 10.2. The maximum absolute atomic E-state index is 13.0. The molecule has 0 saturated heterocycles. The number of hydrogen-bond donors (Lipinski definition) is 1. The molecule has 2 aromatic carbocycles. The highest BCUT2D eigenvalue weighted by Gasteiger charge is 2.31. The number of benzene rings is 2. The Morgan fingerprint density at radius 3 is 2.29 bits per heavy atom. The number of sulfonamides is 1. The summed E-state index contributed by atoms with van der Waals surface area (Å²) in [5, 5.41) is 2.05. The molecule has 0 spiro atoms. The summed E-state index contributed by atoms with van der Waals surface area (Å²) in [4.78, 5) is 12.2. The molecule has 0 aliphatic carbocycles. The molecule has 2 aromatic rings. The van der Waals surface area contributed by atoms with E-state index < -0.39 is 40.0 Å². The molecule has 0 saturated carbocycles. The SMILES string of the molecule is CS(=O)(=O)N(CC(=O)Nc1cc(C(F)(F)F)ccc1Cl)Cc1ccc(F)cc1. The van der Waals surface area contributed by atoms with E-state index in [-0.39, 0.29) is 17.3 Å².